The van der Waals surface area contributed by atoms with Crippen molar-refractivity contribution in [1.29, 1.82) is 0 Å². The molecule has 2 heterocycles. The van der Waals surface area contributed by atoms with Gasteiger partial charge in [-0.3, -0.25) is 4.79 Å². The Kier molecular flexibility index (Phi) is 4.46. The summed E-state index contributed by atoms with van der Waals surface area (Å²) in [5.41, 5.74) is 0.668. The number of hydrogen-bond donors (Lipinski definition) is 1. The number of nitrogens with one attached hydrogen (secondary N) is 1. The Bertz CT molecular complexity index is 947. The number of rotatable bonds is 7. The molecule has 136 valence electrons. The molecule has 26 heavy (non-hydrogen) atoms. The number of aromatic nitrogens is 4. The van der Waals surface area contributed by atoms with Crippen molar-refractivity contribution >= 4 is 27.9 Å². The molecule has 0 aliphatic heterocycles. The van der Waals surface area contributed by atoms with Crippen LogP contribution in [-0.4, -0.2) is 39.9 Å². The van der Waals surface area contributed by atoms with Gasteiger partial charge in [0.05, 0.1) is 14.2 Å². The lowest BCUT2D eigenvalue weighted by molar-refractivity contribution is -0.116. The molecular weight excluding hydrogens is 354 g/mol. The number of hydrogen-bond acceptors (Lipinski definition) is 7. The van der Waals surface area contributed by atoms with Crippen LogP contribution in [0, 0.1) is 0 Å². The standard InChI is InChI=1S/C17H19N5O3S/c1-24-12-6-5-11(9-13(12)25-2)18-14(23)7-8-15-21-22-16(10-3-4-10)19-20-17(22)26-15/h5-6,9-10H,3-4,7-8H2,1-2H3,(H,18,23). The first-order valence-corrected chi connectivity index (χ1v) is 9.22. The Morgan fingerprint density at radius 2 is 2.08 bits per heavy atom. The number of aryl methyl sites for hydroxylation is 1. The maximum Gasteiger partial charge on any atom is 0.234 e. The first-order chi connectivity index (χ1) is 12.7. The first kappa shape index (κ1) is 16.8. The molecule has 0 saturated heterocycles. The Morgan fingerprint density at radius 1 is 1.27 bits per heavy atom. The molecule has 1 aliphatic carbocycles. The van der Waals surface area contributed by atoms with E-state index in [0.717, 1.165) is 28.6 Å². The fraction of sp³-hybridized carbons (Fsp3) is 0.412. The molecule has 0 unspecified atom stereocenters. The maximum atomic E-state index is 12.2. The monoisotopic (exact) mass is 373 g/mol. The van der Waals surface area contributed by atoms with Crippen molar-refractivity contribution in [3.8, 4) is 11.5 Å². The van der Waals surface area contributed by atoms with Gasteiger partial charge in [-0.05, 0) is 25.0 Å². The fourth-order valence-corrected chi connectivity index (χ4v) is 3.57. The molecule has 8 nitrogen and oxygen atoms in total. The van der Waals surface area contributed by atoms with Crippen molar-refractivity contribution < 1.29 is 14.3 Å². The average Bonchev–Trinajstić information content (AvgIpc) is 3.29. The molecule has 0 bridgehead atoms. The summed E-state index contributed by atoms with van der Waals surface area (Å²) >= 11 is 1.48. The average molecular weight is 373 g/mol. The van der Waals surface area contributed by atoms with Gasteiger partial charge >= 0.3 is 0 Å². The predicted molar refractivity (Wildman–Crippen MR) is 97.1 cm³/mol. The first-order valence-electron chi connectivity index (χ1n) is 8.41. The van der Waals surface area contributed by atoms with E-state index in [1.54, 1.807) is 32.4 Å². The molecule has 1 saturated carbocycles. The summed E-state index contributed by atoms with van der Waals surface area (Å²) in [5, 5.41) is 16.7. The van der Waals surface area contributed by atoms with E-state index in [9.17, 15) is 4.79 Å². The molecule has 1 N–H and O–H groups in total. The minimum Gasteiger partial charge on any atom is -0.493 e. The summed E-state index contributed by atoms with van der Waals surface area (Å²) in [4.78, 5) is 13.0. The van der Waals surface area contributed by atoms with Gasteiger partial charge in [0.1, 0.15) is 5.01 Å². The highest BCUT2D eigenvalue weighted by molar-refractivity contribution is 7.16. The molecule has 4 rings (SSSR count). The van der Waals surface area contributed by atoms with Gasteiger partial charge in [0.2, 0.25) is 10.9 Å². The SMILES string of the molecule is COc1ccc(NC(=O)CCc2nn3c(C4CC4)nnc3s2)cc1OC. The zero-order valence-corrected chi connectivity index (χ0v) is 15.4. The van der Waals surface area contributed by atoms with Crippen molar-refractivity contribution in [3.05, 3.63) is 29.0 Å². The number of fused-ring (bicyclic) bond motifs is 1. The van der Waals surface area contributed by atoms with Crippen molar-refractivity contribution in [2.45, 2.75) is 31.6 Å². The van der Waals surface area contributed by atoms with Gasteiger partial charge in [-0.15, -0.1) is 10.2 Å². The Hall–Kier alpha value is -2.68. The summed E-state index contributed by atoms with van der Waals surface area (Å²) in [5.74, 6) is 2.56. The number of carbonyl (C=O) groups excluding carboxylic acids is 1. The smallest absolute Gasteiger partial charge is 0.234 e. The summed E-state index contributed by atoms with van der Waals surface area (Å²) < 4.78 is 12.3. The Balaban J connectivity index is 1.38. The van der Waals surface area contributed by atoms with Crippen molar-refractivity contribution in [3.63, 3.8) is 0 Å². The second kappa shape index (κ2) is 6.91. The van der Waals surface area contributed by atoms with Crippen LogP contribution < -0.4 is 14.8 Å². The van der Waals surface area contributed by atoms with Crippen LogP contribution in [0.2, 0.25) is 0 Å². The molecule has 1 aliphatic rings. The largest absolute Gasteiger partial charge is 0.493 e. The van der Waals surface area contributed by atoms with Crippen LogP contribution in [0.25, 0.3) is 4.96 Å². The number of methoxy groups -OCH3 is 2. The summed E-state index contributed by atoms with van der Waals surface area (Å²) in [6.07, 6.45) is 3.22. The van der Waals surface area contributed by atoms with E-state index in [1.165, 1.54) is 11.3 Å². The van der Waals surface area contributed by atoms with E-state index < -0.39 is 0 Å². The zero-order chi connectivity index (χ0) is 18.1. The molecule has 1 aromatic carbocycles. The third-order valence-corrected chi connectivity index (χ3v) is 5.19. The van der Waals surface area contributed by atoms with Crippen LogP contribution in [0.3, 0.4) is 0 Å². The molecule has 0 atom stereocenters. The highest BCUT2D eigenvalue weighted by atomic mass is 32.1. The van der Waals surface area contributed by atoms with Gasteiger partial charge in [0, 0.05) is 30.5 Å². The van der Waals surface area contributed by atoms with Crippen molar-refractivity contribution in [2.24, 2.45) is 0 Å². The highest BCUT2D eigenvalue weighted by Crippen LogP contribution is 2.39. The lowest BCUT2D eigenvalue weighted by Crippen LogP contribution is -2.12. The number of amides is 1. The van der Waals surface area contributed by atoms with Crippen LogP contribution >= 0.6 is 11.3 Å². The number of nitrogens with zero attached hydrogens (tertiary/aromatic N) is 4. The zero-order valence-electron chi connectivity index (χ0n) is 14.6. The molecule has 1 amide bonds. The van der Waals surface area contributed by atoms with Crippen LogP contribution in [-0.2, 0) is 11.2 Å². The van der Waals surface area contributed by atoms with Gasteiger partial charge in [-0.25, -0.2) is 0 Å². The Morgan fingerprint density at radius 3 is 2.81 bits per heavy atom. The van der Waals surface area contributed by atoms with Gasteiger partial charge in [-0.2, -0.15) is 9.61 Å². The molecule has 3 aromatic rings. The lowest BCUT2D eigenvalue weighted by Gasteiger charge is -2.10. The maximum absolute atomic E-state index is 12.2. The van der Waals surface area contributed by atoms with Crippen molar-refractivity contribution in [2.75, 3.05) is 19.5 Å². The summed E-state index contributed by atoms with van der Waals surface area (Å²) in [7, 11) is 3.14. The molecular formula is C17H19N5O3S. The van der Waals surface area contributed by atoms with E-state index >= 15 is 0 Å². The molecule has 0 radical (unpaired) electrons. The van der Waals surface area contributed by atoms with Gasteiger partial charge < -0.3 is 14.8 Å². The summed E-state index contributed by atoms with van der Waals surface area (Å²) in [6.45, 7) is 0. The molecule has 1 fully saturated rings. The van der Waals surface area contributed by atoms with Crippen molar-refractivity contribution in [1.82, 2.24) is 19.8 Å². The second-order valence-corrected chi connectivity index (χ2v) is 7.18. The topological polar surface area (TPSA) is 90.6 Å². The van der Waals surface area contributed by atoms with E-state index in [1.807, 2.05) is 4.52 Å². The highest BCUT2D eigenvalue weighted by Gasteiger charge is 2.30. The fourth-order valence-electron chi connectivity index (χ4n) is 2.73. The van der Waals surface area contributed by atoms with Gasteiger partial charge in [-0.1, -0.05) is 11.3 Å². The lowest BCUT2D eigenvalue weighted by atomic mass is 10.2. The van der Waals surface area contributed by atoms with Crippen LogP contribution in [0.1, 0.15) is 36.0 Å². The molecule has 2 aromatic heterocycles. The minimum absolute atomic E-state index is 0.0781. The number of ether oxygens (including phenoxy) is 2. The van der Waals surface area contributed by atoms with Gasteiger partial charge in [0.25, 0.3) is 0 Å². The normalized spacial score (nSPS) is 13.8. The van der Waals surface area contributed by atoms with E-state index in [4.69, 9.17) is 9.47 Å². The van der Waals surface area contributed by atoms with Crippen LogP contribution in [0.5, 0.6) is 11.5 Å². The van der Waals surface area contributed by atoms with E-state index in [0.29, 0.717) is 35.9 Å². The quantitative estimate of drug-likeness (QED) is 0.685. The third kappa shape index (κ3) is 3.34. The number of benzene rings is 1. The summed E-state index contributed by atoms with van der Waals surface area (Å²) in [6, 6.07) is 5.28. The van der Waals surface area contributed by atoms with Crippen LogP contribution in [0.15, 0.2) is 18.2 Å². The predicted octanol–water partition coefficient (Wildman–Crippen LogP) is 2.65. The number of carbonyl (C=O) groups is 1. The molecule has 9 heteroatoms. The van der Waals surface area contributed by atoms with E-state index in [2.05, 4.69) is 20.6 Å². The molecule has 0 spiro atoms. The third-order valence-electron chi connectivity index (χ3n) is 4.23. The Labute approximate surface area is 154 Å². The van der Waals surface area contributed by atoms with Crippen LogP contribution in [0.4, 0.5) is 5.69 Å². The number of anilines is 1. The minimum atomic E-state index is -0.0781. The van der Waals surface area contributed by atoms with Gasteiger partial charge in [0.15, 0.2) is 17.3 Å². The second-order valence-electron chi connectivity index (χ2n) is 6.14. The van der Waals surface area contributed by atoms with E-state index in [-0.39, 0.29) is 5.91 Å².